The molecule has 0 spiro atoms. The highest BCUT2D eigenvalue weighted by Gasteiger charge is 2.13. The predicted octanol–water partition coefficient (Wildman–Crippen LogP) is 2.77. The van der Waals surface area contributed by atoms with E-state index in [-0.39, 0.29) is 5.56 Å². The van der Waals surface area contributed by atoms with Crippen molar-refractivity contribution in [2.24, 2.45) is 0 Å². The van der Waals surface area contributed by atoms with Crippen molar-refractivity contribution in [2.75, 3.05) is 0 Å². The highest BCUT2D eigenvalue weighted by molar-refractivity contribution is 6.33. The van der Waals surface area contributed by atoms with Crippen LogP contribution < -0.4 is 0 Å². The second-order valence-electron chi connectivity index (χ2n) is 2.61. The van der Waals surface area contributed by atoms with E-state index in [4.69, 9.17) is 11.6 Å². The summed E-state index contributed by atoms with van der Waals surface area (Å²) in [5.41, 5.74) is 0.0846. The minimum absolute atomic E-state index is 0.0846. The molecule has 0 N–H and O–H groups in total. The van der Waals surface area contributed by atoms with Gasteiger partial charge in [-0.2, -0.15) is 0 Å². The molecule has 0 unspecified atom stereocenters. The van der Waals surface area contributed by atoms with Gasteiger partial charge in [-0.1, -0.05) is 0 Å². The van der Waals surface area contributed by atoms with Gasteiger partial charge in [-0.15, -0.1) is 11.6 Å². The summed E-state index contributed by atoms with van der Waals surface area (Å²) in [5, 5.41) is -0.732. The predicted molar refractivity (Wildman–Crippen MR) is 46.0 cm³/mol. The van der Waals surface area contributed by atoms with Crippen LogP contribution in [-0.4, -0.2) is 11.2 Å². The monoisotopic (exact) mass is 204 g/mol. The molecule has 0 fully saturated rings. The molecule has 0 aliphatic carbocycles. The number of Topliss-reactive ketones (excluding diaryl/α,β-unsaturated/α-hetero) is 1. The quantitative estimate of drug-likeness (QED) is 0.535. The number of benzene rings is 1. The van der Waals surface area contributed by atoms with E-state index in [1.807, 2.05) is 0 Å². The Labute approximate surface area is 79.3 Å². The smallest absolute Gasteiger partial charge is 0.180 e. The van der Waals surface area contributed by atoms with Crippen molar-refractivity contribution in [3.05, 3.63) is 35.4 Å². The summed E-state index contributed by atoms with van der Waals surface area (Å²) in [4.78, 5) is 11.2. The molecule has 0 radical (unpaired) electrons. The molecule has 0 saturated heterocycles. The molecule has 13 heavy (non-hydrogen) atoms. The van der Waals surface area contributed by atoms with Crippen LogP contribution in [0.15, 0.2) is 18.2 Å². The van der Waals surface area contributed by atoms with Crippen LogP contribution in [0.25, 0.3) is 0 Å². The van der Waals surface area contributed by atoms with E-state index >= 15 is 0 Å². The highest BCUT2D eigenvalue weighted by Crippen LogP contribution is 2.12. The number of halogens is 3. The number of hydrogen-bond donors (Lipinski definition) is 0. The summed E-state index contributed by atoms with van der Waals surface area (Å²) in [6.45, 7) is 1.48. The number of carbonyl (C=O) groups excluding carboxylic acids is 1. The Hall–Kier alpha value is -0.960. The third kappa shape index (κ3) is 2.25. The molecule has 70 valence electrons. The zero-order chi connectivity index (χ0) is 10.0. The van der Waals surface area contributed by atoms with E-state index in [1.54, 1.807) is 0 Å². The first-order valence-electron chi connectivity index (χ1n) is 3.65. The Morgan fingerprint density at radius 1 is 1.38 bits per heavy atom. The molecular formula is C9H7ClF2O. The second kappa shape index (κ2) is 3.83. The van der Waals surface area contributed by atoms with Crippen molar-refractivity contribution >= 4 is 17.4 Å². The molecule has 1 aromatic carbocycles. The van der Waals surface area contributed by atoms with Crippen molar-refractivity contribution in [2.45, 2.75) is 12.3 Å². The van der Waals surface area contributed by atoms with Crippen LogP contribution in [0, 0.1) is 11.6 Å². The second-order valence-corrected chi connectivity index (χ2v) is 3.26. The SMILES string of the molecule is C[C@@H](Cl)C(=O)c1ccc(F)c(F)c1. The maximum absolute atomic E-state index is 12.6. The minimum atomic E-state index is -1.04. The fourth-order valence-corrected chi connectivity index (χ4v) is 1.01. The van der Waals surface area contributed by atoms with Gasteiger partial charge in [0.15, 0.2) is 17.4 Å². The Bertz CT molecular complexity index is 336. The van der Waals surface area contributed by atoms with Crippen LogP contribution in [-0.2, 0) is 0 Å². The lowest BCUT2D eigenvalue weighted by atomic mass is 10.1. The third-order valence-electron chi connectivity index (χ3n) is 1.57. The molecule has 0 aromatic heterocycles. The van der Waals surface area contributed by atoms with Crippen molar-refractivity contribution in [3.63, 3.8) is 0 Å². The van der Waals surface area contributed by atoms with Gasteiger partial charge in [-0.25, -0.2) is 8.78 Å². The molecule has 0 bridgehead atoms. The number of alkyl halides is 1. The van der Waals surface area contributed by atoms with E-state index in [2.05, 4.69) is 0 Å². The number of rotatable bonds is 2. The molecule has 0 heterocycles. The molecule has 0 saturated carbocycles. The lowest BCUT2D eigenvalue weighted by Gasteiger charge is -2.02. The van der Waals surface area contributed by atoms with Crippen LogP contribution in [0.2, 0.25) is 0 Å². The summed E-state index contributed by atoms with van der Waals surface area (Å²) in [5.74, 6) is -2.43. The van der Waals surface area contributed by atoms with Crippen molar-refractivity contribution in [1.82, 2.24) is 0 Å². The topological polar surface area (TPSA) is 17.1 Å². The average Bonchev–Trinajstić information content (AvgIpc) is 2.08. The molecule has 1 aromatic rings. The van der Waals surface area contributed by atoms with Crippen LogP contribution in [0.5, 0.6) is 0 Å². The third-order valence-corrected chi connectivity index (χ3v) is 1.76. The van der Waals surface area contributed by atoms with Gasteiger partial charge in [0.1, 0.15) is 0 Å². The van der Waals surface area contributed by atoms with Crippen molar-refractivity contribution < 1.29 is 13.6 Å². The van der Waals surface area contributed by atoms with Gasteiger partial charge in [0, 0.05) is 5.56 Å². The zero-order valence-electron chi connectivity index (χ0n) is 6.85. The number of carbonyl (C=O) groups is 1. The largest absolute Gasteiger partial charge is 0.293 e. The van der Waals surface area contributed by atoms with Gasteiger partial charge in [-0.05, 0) is 25.1 Å². The maximum atomic E-state index is 12.6. The average molecular weight is 205 g/mol. The lowest BCUT2D eigenvalue weighted by Crippen LogP contribution is -2.10. The number of hydrogen-bond acceptors (Lipinski definition) is 1. The summed E-state index contributed by atoms with van der Waals surface area (Å²) >= 11 is 5.49. The molecule has 1 nitrogen and oxygen atoms in total. The Balaban J connectivity index is 3.04. The van der Waals surface area contributed by atoms with E-state index in [1.165, 1.54) is 13.0 Å². The summed E-state index contributed by atoms with van der Waals surface area (Å²) < 4.78 is 25.1. The van der Waals surface area contributed by atoms with E-state index < -0.39 is 22.8 Å². The van der Waals surface area contributed by atoms with Crippen LogP contribution in [0.3, 0.4) is 0 Å². The van der Waals surface area contributed by atoms with Crippen LogP contribution in [0.4, 0.5) is 8.78 Å². The molecule has 0 aliphatic rings. The minimum Gasteiger partial charge on any atom is -0.293 e. The fraction of sp³-hybridized carbons (Fsp3) is 0.222. The summed E-state index contributed by atoms with van der Waals surface area (Å²) in [6.07, 6.45) is 0. The van der Waals surface area contributed by atoms with Crippen LogP contribution in [0.1, 0.15) is 17.3 Å². The molecule has 0 amide bonds. The van der Waals surface area contributed by atoms with Gasteiger partial charge in [0.2, 0.25) is 0 Å². The lowest BCUT2D eigenvalue weighted by molar-refractivity contribution is 0.0991. The molecule has 0 aliphatic heterocycles. The maximum Gasteiger partial charge on any atom is 0.180 e. The Morgan fingerprint density at radius 2 is 2.00 bits per heavy atom. The van der Waals surface area contributed by atoms with Gasteiger partial charge >= 0.3 is 0 Å². The molecule has 1 rings (SSSR count). The standard InChI is InChI=1S/C9H7ClF2O/c1-5(10)9(13)6-2-3-7(11)8(12)4-6/h2-5H,1H3/t5-/m1/s1. The number of ketones is 1. The summed E-state index contributed by atoms with van der Waals surface area (Å²) in [6, 6.07) is 2.96. The Kier molecular flexibility index (Phi) is 2.98. The van der Waals surface area contributed by atoms with Gasteiger partial charge in [0.05, 0.1) is 5.38 Å². The highest BCUT2D eigenvalue weighted by atomic mass is 35.5. The molecular weight excluding hydrogens is 198 g/mol. The van der Waals surface area contributed by atoms with E-state index in [0.29, 0.717) is 0 Å². The van der Waals surface area contributed by atoms with Gasteiger partial charge < -0.3 is 0 Å². The fourth-order valence-electron chi connectivity index (χ4n) is 0.879. The van der Waals surface area contributed by atoms with E-state index in [9.17, 15) is 13.6 Å². The summed E-state index contributed by atoms with van der Waals surface area (Å²) in [7, 11) is 0. The van der Waals surface area contributed by atoms with E-state index in [0.717, 1.165) is 12.1 Å². The zero-order valence-corrected chi connectivity index (χ0v) is 7.61. The molecule has 1 atom stereocenters. The normalized spacial score (nSPS) is 12.6. The first-order valence-corrected chi connectivity index (χ1v) is 4.09. The van der Waals surface area contributed by atoms with Gasteiger partial charge in [0.25, 0.3) is 0 Å². The van der Waals surface area contributed by atoms with Crippen molar-refractivity contribution in [1.29, 1.82) is 0 Å². The first kappa shape index (κ1) is 10.1. The van der Waals surface area contributed by atoms with Gasteiger partial charge in [-0.3, -0.25) is 4.79 Å². The van der Waals surface area contributed by atoms with Crippen molar-refractivity contribution in [3.8, 4) is 0 Å². The van der Waals surface area contributed by atoms with Crippen LogP contribution >= 0.6 is 11.6 Å². The first-order chi connectivity index (χ1) is 6.02. The Morgan fingerprint density at radius 3 is 2.46 bits per heavy atom. The molecule has 4 heteroatoms.